The smallest absolute Gasteiger partial charge is 0.277 e. The number of hydrogen-bond acceptors (Lipinski definition) is 7. The van der Waals surface area contributed by atoms with E-state index in [1.807, 2.05) is 48.0 Å². The molecular weight excluding hydrogens is 475 g/mol. The van der Waals surface area contributed by atoms with E-state index in [0.29, 0.717) is 26.8 Å². The first-order valence-electron chi connectivity index (χ1n) is 8.96. The van der Waals surface area contributed by atoms with Crippen LogP contribution in [0, 0.1) is 0 Å². The van der Waals surface area contributed by atoms with Crippen LogP contribution < -0.4 is 5.32 Å². The van der Waals surface area contributed by atoms with Crippen LogP contribution in [-0.2, 0) is 4.79 Å². The van der Waals surface area contributed by atoms with Crippen LogP contribution >= 0.6 is 46.3 Å². The van der Waals surface area contributed by atoms with Crippen molar-refractivity contribution in [3.63, 3.8) is 0 Å². The molecule has 0 spiro atoms. The third-order valence-corrected chi connectivity index (χ3v) is 6.30. The number of aliphatic imine (C=N–C) groups is 1. The van der Waals surface area contributed by atoms with Crippen molar-refractivity contribution in [1.82, 2.24) is 10.2 Å². The molecule has 0 radical (unpaired) electrons. The molecule has 1 N–H and O–H groups in total. The molecule has 0 atom stereocenters. The van der Waals surface area contributed by atoms with Gasteiger partial charge in [-0.1, -0.05) is 41.0 Å². The standard InChI is InChI=1S/C21H14Cl2N4O2S2/c22-17-8-7-15(10-18(17)23)25-19(28)12-31-21-27-26-20(29-21)13-3-5-14(6-4-13)24-11-16-2-1-9-30-16/h1-11H,12H2,(H,25,28). The van der Waals surface area contributed by atoms with Crippen molar-refractivity contribution < 1.29 is 9.21 Å². The molecular formula is C21H14Cl2N4O2S2. The monoisotopic (exact) mass is 488 g/mol. The average molecular weight is 489 g/mol. The molecule has 0 aliphatic heterocycles. The number of nitrogens with one attached hydrogen (secondary N) is 1. The zero-order valence-electron chi connectivity index (χ0n) is 15.8. The fourth-order valence-corrected chi connectivity index (χ4v) is 3.92. The number of aromatic nitrogens is 2. The summed E-state index contributed by atoms with van der Waals surface area (Å²) in [7, 11) is 0. The van der Waals surface area contributed by atoms with Gasteiger partial charge in [-0.25, -0.2) is 0 Å². The Kier molecular flexibility index (Phi) is 7.03. The second-order valence-corrected chi connectivity index (χ2v) is 8.88. The largest absolute Gasteiger partial charge is 0.411 e. The third-order valence-electron chi connectivity index (χ3n) is 3.93. The van der Waals surface area contributed by atoms with Gasteiger partial charge in [0.25, 0.3) is 5.22 Å². The molecule has 10 heteroatoms. The predicted molar refractivity (Wildman–Crippen MR) is 127 cm³/mol. The van der Waals surface area contributed by atoms with Gasteiger partial charge in [-0.15, -0.1) is 21.5 Å². The molecule has 0 aliphatic rings. The Hall–Kier alpha value is -2.65. The topological polar surface area (TPSA) is 80.4 Å². The van der Waals surface area contributed by atoms with E-state index in [0.717, 1.165) is 27.9 Å². The van der Waals surface area contributed by atoms with Gasteiger partial charge in [0.15, 0.2) is 0 Å². The molecule has 0 bridgehead atoms. The number of rotatable bonds is 7. The molecule has 2 heterocycles. The fourth-order valence-electron chi connectivity index (χ4n) is 2.48. The van der Waals surface area contributed by atoms with Crippen molar-refractivity contribution in [2.45, 2.75) is 5.22 Å². The van der Waals surface area contributed by atoms with Crippen molar-refractivity contribution in [3.05, 3.63) is 74.9 Å². The van der Waals surface area contributed by atoms with E-state index >= 15 is 0 Å². The van der Waals surface area contributed by atoms with Gasteiger partial charge in [0, 0.05) is 22.3 Å². The van der Waals surface area contributed by atoms with Crippen LogP contribution in [0.1, 0.15) is 4.88 Å². The number of benzene rings is 2. The molecule has 0 unspecified atom stereocenters. The average Bonchev–Trinajstić information content (AvgIpc) is 3.46. The Morgan fingerprint density at radius 2 is 1.97 bits per heavy atom. The molecule has 31 heavy (non-hydrogen) atoms. The highest BCUT2D eigenvalue weighted by Crippen LogP contribution is 2.27. The molecule has 2 aromatic carbocycles. The highest BCUT2D eigenvalue weighted by molar-refractivity contribution is 7.99. The molecule has 0 saturated heterocycles. The number of hydrogen-bond donors (Lipinski definition) is 1. The Morgan fingerprint density at radius 1 is 1.13 bits per heavy atom. The number of carbonyl (C=O) groups is 1. The second kappa shape index (κ2) is 10.1. The highest BCUT2D eigenvalue weighted by Gasteiger charge is 2.12. The maximum absolute atomic E-state index is 12.1. The van der Waals surface area contributed by atoms with E-state index in [1.165, 1.54) is 0 Å². The minimum absolute atomic E-state index is 0.109. The van der Waals surface area contributed by atoms with Crippen LogP contribution in [0.2, 0.25) is 10.0 Å². The summed E-state index contributed by atoms with van der Waals surface area (Å²) in [4.78, 5) is 17.7. The van der Waals surface area contributed by atoms with Crippen LogP contribution in [0.15, 0.2) is 74.6 Å². The normalized spacial score (nSPS) is 11.2. The van der Waals surface area contributed by atoms with Crippen molar-refractivity contribution in [3.8, 4) is 11.5 Å². The van der Waals surface area contributed by atoms with Gasteiger partial charge < -0.3 is 9.73 Å². The first kappa shape index (κ1) is 21.6. The zero-order chi connectivity index (χ0) is 21.6. The highest BCUT2D eigenvalue weighted by atomic mass is 35.5. The van der Waals surface area contributed by atoms with Gasteiger partial charge in [0.05, 0.1) is 21.5 Å². The predicted octanol–water partition coefficient (Wildman–Crippen LogP) is 6.59. The maximum atomic E-state index is 12.1. The molecule has 4 aromatic rings. The molecule has 0 fully saturated rings. The summed E-state index contributed by atoms with van der Waals surface area (Å²) < 4.78 is 5.65. The minimum atomic E-state index is -0.226. The summed E-state index contributed by atoms with van der Waals surface area (Å²) in [6, 6.07) is 16.3. The first-order chi connectivity index (χ1) is 15.1. The van der Waals surface area contributed by atoms with E-state index in [-0.39, 0.29) is 11.7 Å². The number of carbonyl (C=O) groups excluding carboxylic acids is 1. The number of halogens is 2. The van der Waals surface area contributed by atoms with Crippen LogP contribution in [0.5, 0.6) is 0 Å². The van der Waals surface area contributed by atoms with Gasteiger partial charge in [-0.3, -0.25) is 9.79 Å². The van der Waals surface area contributed by atoms with Crippen molar-refractivity contribution >= 4 is 69.8 Å². The SMILES string of the molecule is O=C(CSc1nnc(-c2ccc(N=Cc3cccs3)cc2)o1)Nc1ccc(Cl)c(Cl)c1. The van der Waals surface area contributed by atoms with Crippen molar-refractivity contribution in [2.24, 2.45) is 4.99 Å². The van der Waals surface area contributed by atoms with Crippen LogP contribution in [0.4, 0.5) is 11.4 Å². The van der Waals surface area contributed by atoms with Gasteiger partial charge in [-0.2, -0.15) is 0 Å². The Bertz CT molecular complexity index is 1210. The van der Waals surface area contributed by atoms with Crippen LogP contribution in [0.3, 0.4) is 0 Å². The molecule has 6 nitrogen and oxygen atoms in total. The molecule has 2 aromatic heterocycles. The van der Waals surface area contributed by atoms with Crippen LogP contribution in [-0.4, -0.2) is 28.1 Å². The number of amides is 1. The lowest BCUT2D eigenvalue weighted by atomic mass is 10.2. The minimum Gasteiger partial charge on any atom is -0.411 e. The molecule has 1 amide bonds. The second-order valence-electron chi connectivity index (χ2n) is 6.16. The van der Waals surface area contributed by atoms with E-state index < -0.39 is 0 Å². The zero-order valence-corrected chi connectivity index (χ0v) is 18.9. The lowest BCUT2D eigenvalue weighted by Gasteiger charge is -2.05. The number of anilines is 1. The first-order valence-corrected chi connectivity index (χ1v) is 11.6. The lowest BCUT2D eigenvalue weighted by molar-refractivity contribution is -0.113. The quantitative estimate of drug-likeness (QED) is 0.234. The molecule has 4 rings (SSSR count). The number of thioether (sulfide) groups is 1. The van der Waals surface area contributed by atoms with E-state index in [4.69, 9.17) is 27.6 Å². The Labute approximate surface area is 196 Å². The Morgan fingerprint density at radius 3 is 2.71 bits per heavy atom. The summed E-state index contributed by atoms with van der Waals surface area (Å²) in [5.41, 5.74) is 2.16. The third kappa shape index (κ3) is 5.95. The fraction of sp³-hybridized carbons (Fsp3) is 0.0476. The van der Waals surface area contributed by atoms with Crippen molar-refractivity contribution in [2.75, 3.05) is 11.1 Å². The van der Waals surface area contributed by atoms with Crippen LogP contribution in [0.25, 0.3) is 11.5 Å². The van der Waals surface area contributed by atoms with Gasteiger partial charge in [0.1, 0.15) is 0 Å². The maximum Gasteiger partial charge on any atom is 0.277 e. The Balaban J connectivity index is 1.32. The van der Waals surface area contributed by atoms with E-state index in [2.05, 4.69) is 20.5 Å². The van der Waals surface area contributed by atoms with E-state index in [1.54, 1.807) is 29.5 Å². The summed E-state index contributed by atoms with van der Waals surface area (Å²) in [6.45, 7) is 0. The molecule has 0 saturated carbocycles. The summed E-state index contributed by atoms with van der Waals surface area (Å²) in [6.07, 6.45) is 1.82. The number of thiophene rings is 1. The van der Waals surface area contributed by atoms with Crippen molar-refractivity contribution in [1.29, 1.82) is 0 Å². The van der Waals surface area contributed by atoms with E-state index in [9.17, 15) is 4.79 Å². The van der Waals surface area contributed by atoms with Gasteiger partial charge in [-0.05, 0) is 53.9 Å². The summed E-state index contributed by atoms with van der Waals surface area (Å²) >= 11 is 14.6. The van der Waals surface area contributed by atoms with Gasteiger partial charge in [0.2, 0.25) is 11.8 Å². The molecule has 0 aliphatic carbocycles. The number of nitrogens with zero attached hydrogens (tertiary/aromatic N) is 3. The van der Waals surface area contributed by atoms with Gasteiger partial charge >= 0.3 is 0 Å². The summed E-state index contributed by atoms with van der Waals surface area (Å²) in [5.74, 6) is 0.260. The molecule has 156 valence electrons. The lowest BCUT2D eigenvalue weighted by Crippen LogP contribution is -2.13. The summed E-state index contributed by atoms with van der Waals surface area (Å²) in [5, 5.41) is 13.9.